The van der Waals surface area contributed by atoms with Gasteiger partial charge in [-0.3, -0.25) is 0 Å². The second-order valence-corrected chi connectivity index (χ2v) is 4.12. The Hall–Kier alpha value is -0.800. The standard InChI is InChI=1S/C10H7BrClNO/c1-6-2-4-7(5-3-6)9-8(11)10(12)14-13-9/h2-5H,1H3. The molecule has 0 aliphatic rings. The number of benzene rings is 1. The van der Waals surface area contributed by atoms with Crippen LogP contribution < -0.4 is 0 Å². The van der Waals surface area contributed by atoms with Crippen molar-refractivity contribution in [2.75, 3.05) is 0 Å². The number of nitrogens with zero attached hydrogens (tertiary/aromatic N) is 1. The van der Waals surface area contributed by atoms with E-state index in [1.807, 2.05) is 31.2 Å². The summed E-state index contributed by atoms with van der Waals surface area (Å²) in [6.07, 6.45) is 0. The molecule has 1 aromatic carbocycles. The van der Waals surface area contributed by atoms with E-state index in [1.165, 1.54) is 5.56 Å². The van der Waals surface area contributed by atoms with Crippen LogP contribution in [0, 0.1) is 6.92 Å². The summed E-state index contributed by atoms with van der Waals surface area (Å²) in [6, 6.07) is 8.00. The molecule has 0 saturated carbocycles. The fourth-order valence-electron chi connectivity index (χ4n) is 1.15. The van der Waals surface area contributed by atoms with Gasteiger partial charge in [0.2, 0.25) is 5.22 Å². The molecule has 1 heterocycles. The normalized spacial score (nSPS) is 10.5. The first kappa shape index (κ1) is 9.74. The summed E-state index contributed by atoms with van der Waals surface area (Å²) in [4.78, 5) is 0. The first-order valence-corrected chi connectivity index (χ1v) is 5.23. The van der Waals surface area contributed by atoms with Crippen molar-refractivity contribution in [1.29, 1.82) is 0 Å². The Labute approximate surface area is 95.0 Å². The van der Waals surface area contributed by atoms with Gasteiger partial charge in [-0.1, -0.05) is 35.0 Å². The minimum Gasteiger partial charge on any atom is -0.343 e. The maximum Gasteiger partial charge on any atom is 0.240 e. The molecule has 0 radical (unpaired) electrons. The third-order valence-electron chi connectivity index (χ3n) is 1.92. The summed E-state index contributed by atoms with van der Waals surface area (Å²) >= 11 is 9.05. The van der Waals surface area contributed by atoms with Gasteiger partial charge in [0.05, 0.1) is 0 Å². The van der Waals surface area contributed by atoms with Gasteiger partial charge in [-0.05, 0) is 34.5 Å². The Balaban J connectivity index is 2.49. The van der Waals surface area contributed by atoms with Gasteiger partial charge in [-0.2, -0.15) is 0 Å². The van der Waals surface area contributed by atoms with Crippen LogP contribution in [0.15, 0.2) is 33.3 Å². The Morgan fingerprint density at radius 1 is 1.29 bits per heavy atom. The molecule has 2 nitrogen and oxygen atoms in total. The van der Waals surface area contributed by atoms with E-state index in [-0.39, 0.29) is 5.22 Å². The summed E-state index contributed by atoms with van der Waals surface area (Å²) in [5, 5.41) is 4.14. The monoisotopic (exact) mass is 271 g/mol. The van der Waals surface area contributed by atoms with Gasteiger partial charge in [0, 0.05) is 5.56 Å². The second-order valence-electron chi connectivity index (χ2n) is 2.98. The number of rotatable bonds is 1. The predicted octanol–water partition coefficient (Wildman–Crippen LogP) is 4.07. The lowest BCUT2D eigenvalue weighted by Crippen LogP contribution is -1.78. The molecule has 0 saturated heterocycles. The largest absolute Gasteiger partial charge is 0.343 e. The van der Waals surface area contributed by atoms with Crippen molar-refractivity contribution in [3.05, 3.63) is 39.5 Å². The summed E-state index contributed by atoms with van der Waals surface area (Å²) in [7, 11) is 0. The van der Waals surface area contributed by atoms with Crippen molar-refractivity contribution < 1.29 is 4.52 Å². The molecule has 0 aliphatic carbocycles. The molecule has 2 aromatic rings. The Morgan fingerprint density at radius 2 is 1.93 bits per heavy atom. The lowest BCUT2D eigenvalue weighted by molar-refractivity contribution is 0.423. The molecule has 1 aromatic heterocycles. The minimum atomic E-state index is 0.278. The number of halogens is 2. The Bertz CT molecular complexity index is 450. The smallest absolute Gasteiger partial charge is 0.240 e. The molecule has 0 spiro atoms. The van der Waals surface area contributed by atoms with Gasteiger partial charge >= 0.3 is 0 Å². The zero-order valence-electron chi connectivity index (χ0n) is 7.42. The highest BCUT2D eigenvalue weighted by atomic mass is 79.9. The quantitative estimate of drug-likeness (QED) is 0.782. The molecule has 0 atom stereocenters. The fourth-order valence-corrected chi connectivity index (χ4v) is 1.65. The van der Waals surface area contributed by atoms with Crippen LogP contribution in [0.1, 0.15) is 5.56 Å². The zero-order valence-corrected chi connectivity index (χ0v) is 9.76. The fraction of sp³-hybridized carbons (Fsp3) is 0.100. The molecule has 0 fully saturated rings. The highest BCUT2D eigenvalue weighted by molar-refractivity contribution is 9.10. The van der Waals surface area contributed by atoms with Gasteiger partial charge in [0.1, 0.15) is 10.2 Å². The van der Waals surface area contributed by atoms with Crippen molar-refractivity contribution in [2.45, 2.75) is 6.92 Å². The van der Waals surface area contributed by atoms with E-state index in [1.54, 1.807) is 0 Å². The number of hydrogen-bond donors (Lipinski definition) is 0. The van der Waals surface area contributed by atoms with E-state index in [0.29, 0.717) is 4.47 Å². The molecule has 4 heteroatoms. The third-order valence-corrected chi connectivity index (χ3v) is 3.14. The Morgan fingerprint density at radius 3 is 2.43 bits per heavy atom. The van der Waals surface area contributed by atoms with Crippen LogP contribution >= 0.6 is 27.5 Å². The van der Waals surface area contributed by atoms with Crippen molar-refractivity contribution in [2.24, 2.45) is 0 Å². The highest BCUT2D eigenvalue weighted by Crippen LogP contribution is 2.33. The predicted molar refractivity (Wildman–Crippen MR) is 59.4 cm³/mol. The van der Waals surface area contributed by atoms with E-state index in [0.717, 1.165) is 11.3 Å². The number of aryl methyl sites for hydroxylation is 1. The van der Waals surface area contributed by atoms with Crippen LogP contribution in [0.2, 0.25) is 5.22 Å². The Kier molecular flexibility index (Phi) is 2.61. The van der Waals surface area contributed by atoms with Crippen LogP contribution in [0.3, 0.4) is 0 Å². The maximum atomic E-state index is 5.73. The second kappa shape index (κ2) is 3.75. The molecule has 72 valence electrons. The molecule has 0 aliphatic heterocycles. The van der Waals surface area contributed by atoms with E-state index in [4.69, 9.17) is 16.1 Å². The highest BCUT2D eigenvalue weighted by Gasteiger charge is 2.12. The average molecular weight is 273 g/mol. The van der Waals surface area contributed by atoms with Gasteiger partial charge in [-0.15, -0.1) is 0 Å². The summed E-state index contributed by atoms with van der Waals surface area (Å²) < 4.78 is 5.55. The lowest BCUT2D eigenvalue weighted by Gasteiger charge is -1.96. The molecule has 0 N–H and O–H groups in total. The first-order chi connectivity index (χ1) is 6.68. The summed E-state index contributed by atoms with van der Waals surface area (Å²) in [5.74, 6) is 0. The summed E-state index contributed by atoms with van der Waals surface area (Å²) in [6.45, 7) is 2.04. The molecular weight excluding hydrogens is 265 g/mol. The number of aromatic nitrogens is 1. The molecule has 2 rings (SSSR count). The average Bonchev–Trinajstić information content (AvgIpc) is 2.50. The lowest BCUT2D eigenvalue weighted by atomic mass is 10.1. The van der Waals surface area contributed by atoms with Gasteiger partial charge in [-0.25, -0.2) is 0 Å². The van der Waals surface area contributed by atoms with Crippen LogP contribution in [0.4, 0.5) is 0 Å². The van der Waals surface area contributed by atoms with Crippen LogP contribution in [-0.4, -0.2) is 5.16 Å². The van der Waals surface area contributed by atoms with E-state index >= 15 is 0 Å². The van der Waals surface area contributed by atoms with Gasteiger partial charge < -0.3 is 4.52 Å². The third kappa shape index (κ3) is 1.70. The molecule has 0 bridgehead atoms. The minimum absolute atomic E-state index is 0.278. The topological polar surface area (TPSA) is 26.0 Å². The molecule has 0 unspecified atom stereocenters. The molecule has 14 heavy (non-hydrogen) atoms. The van der Waals surface area contributed by atoms with E-state index in [9.17, 15) is 0 Å². The van der Waals surface area contributed by atoms with Gasteiger partial charge in [0.25, 0.3) is 0 Å². The SMILES string of the molecule is Cc1ccc(-c2noc(Cl)c2Br)cc1. The van der Waals surface area contributed by atoms with Crippen molar-refractivity contribution >= 4 is 27.5 Å². The van der Waals surface area contributed by atoms with Crippen LogP contribution in [0.5, 0.6) is 0 Å². The van der Waals surface area contributed by atoms with Crippen LogP contribution in [-0.2, 0) is 0 Å². The van der Waals surface area contributed by atoms with Crippen molar-refractivity contribution in [3.8, 4) is 11.3 Å². The van der Waals surface area contributed by atoms with Crippen molar-refractivity contribution in [3.63, 3.8) is 0 Å². The summed E-state index contributed by atoms with van der Waals surface area (Å²) in [5.41, 5.74) is 2.92. The van der Waals surface area contributed by atoms with Crippen LogP contribution in [0.25, 0.3) is 11.3 Å². The molecule has 0 amide bonds. The zero-order chi connectivity index (χ0) is 10.1. The molecular formula is C10H7BrClNO. The first-order valence-electron chi connectivity index (χ1n) is 4.06. The van der Waals surface area contributed by atoms with Gasteiger partial charge in [0.15, 0.2) is 0 Å². The van der Waals surface area contributed by atoms with E-state index < -0.39 is 0 Å². The number of hydrogen-bond acceptors (Lipinski definition) is 2. The maximum absolute atomic E-state index is 5.73. The van der Waals surface area contributed by atoms with Crippen molar-refractivity contribution in [1.82, 2.24) is 5.16 Å². The van der Waals surface area contributed by atoms with E-state index in [2.05, 4.69) is 21.1 Å².